The maximum atomic E-state index is 14.3. The van der Waals surface area contributed by atoms with E-state index < -0.39 is 11.9 Å². The highest BCUT2D eigenvalue weighted by molar-refractivity contribution is 6.31. The standard InChI is InChI=1S/C20H19ClFN7O/c1-12(20(30)23-4-7-29-5-2-3-6-29)27-19-16(22)11-26-18(28-19)15-10-25-17-14(15)8-13(21)9-24-17/h2-3,5-6,8-12H,4,7H2,1H3,(H,23,30)(H,24,25)(H,26,27,28)/t12-/m0/s1. The van der Waals surface area contributed by atoms with Crippen molar-refractivity contribution in [3.63, 3.8) is 0 Å². The molecule has 4 aromatic heterocycles. The summed E-state index contributed by atoms with van der Waals surface area (Å²) in [4.78, 5) is 27.9. The number of aromatic nitrogens is 5. The van der Waals surface area contributed by atoms with Crippen molar-refractivity contribution in [2.24, 2.45) is 0 Å². The largest absolute Gasteiger partial charge is 0.356 e. The lowest BCUT2D eigenvalue weighted by Crippen LogP contribution is -2.39. The average Bonchev–Trinajstić information content (AvgIpc) is 3.39. The van der Waals surface area contributed by atoms with Crippen molar-refractivity contribution in [2.75, 3.05) is 11.9 Å². The van der Waals surface area contributed by atoms with Crippen LogP contribution in [0, 0.1) is 5.82 Å². The monoisotopic (exact) mass is 427 g/mol. The molecular weight excluding hydrogens is 409 g/mol. The highest BCUT2D eigenvalue weighted by atomic mass is 35.5. The van der Waals surface area contributed by atoms with Crippen LogP contribution in [-0.2, 0) is 11.3 Å². The van der Waals surface area contributed by atoms with Gasteiger partial charge >= 0.3 is 0 Å². The Morgan fingerprint density at radius 3 is 2.90 bits per heavy atom. The lowest BCUT2D eigenvalue weighted by atomic mass is 10.2. The molecule has 3 N–H and O–H groups in total. The van der Waals surface area contributed by atoms with Gasteiger partial charge in [0.05, 0.1) is 11.2 Å². The maximum Gasteiger partial charge on any atom is 0.242 e. The molecule has 8 nitrogen and oxygen atoms in total. The van der Waals surface area contributed by atoms with Crippen LogP contribution < -0.4 is 10.6 Å². The fourth-order valence-corrected chi connectivity index (χ4v) is 3.17. The number of amides is 1. The van der Waals surface area contributed by atoms with Crippen molar-refractivity contribution in [2.45, 2.75) is 19.5 Å². The van der Waals surface area contributed by atoms with Gasteiger partial charge in [0.2, 0.25) is 5.91 Å². The number of aromatic amines is 1. The van der Waals surface area contributed by atoms with Crippen LogP contribution in [0.15, 0.2) is 49.2 Å². The molecule has 0 spiro atoms. The third-order valence-corrected chi connectivity index (χ3v) is 4.77. The molecule has 154 valence electrons. The van der Waals surface area contributed by atoms with Crippen molar-refractivity contribution in [3.8, 4) is 11.4 Å². The third kappa shape index (κ3) is 4.25. The molecule has 0 aliphatic heterocycles. The Morgan fingerprint density at radius 2 is 2.10 bits per heavy atom. The fraction of sp³-hybridized carbons (Fsp3) is 0.200. The van der Waals surface area contributed by atoms with Crippen LogP contribution in [0.5, 0.6) is 0 Å². The van der Waals surface area contributed by atoms with E-state index in [0.29, 0.717) is 29.3 Å². The third-order valence-electron chi connectivity index (χ3n) is 4.56. The van der Waals surface area contributed by atoms with E-state index in [2.05, 4.69) is 30.6 Å². The van der Waals surface area contributed by atoms with Crippen LogP contribution in [0.25, 0.3) is 22.4 Å². The minimum Gasteiger partial charge on any atom is -0.356 e. The SMILES string of the molecule is C[C@H](Nc1nc(-c2c[nH]c3ncc(Cl)cc23)ncc1F)C(=O)NCCn1cccc1. The van der Waals surface area contributed by atoms with E-state index in [9.17, 15) is 9.18 Å². The van der Waals surface area contributed by atoms with Gasteiger partial charge in [-0.05, 0) is 25.1 Å². The summed E-state index contributed by atoms with van der Waals surface area (Å²) >= 11 is 6.03. The first kappa shape index (κ1) is 19.8. The molecular formula is C20H19ClFN7O. The summed E-state index contributed by atoms with van der Waals surface area (Å²) in [5, 5.41) is 6.82. The Balaban J connectivity index is 1.47. The number of hydrogen-bond acceptors (Lipinski definition) is 5. The Hall–Kier alpha value is -3.46. The van der Waals surface area contributed by atoms with Gasteiger partial charge in [-0.3, -0.25) is 4.79 Å². The maximum absolute atomic E-state index is 14.3. The van der Waals surface area contributed by atoms with Gasteiger partial charge in [-0.25, -0.2) is 19.3 Å². The zero-order valence-electron chi connectivity index (χ0n) is 16.1. The summed E-state index contributed by atoms with van der Waals surface area (Å²) in [5.74, 6) is -0.682. The number of carbonyl (C=O) groups excluding carboxylic acids is 1. The van der Waals surface area contributed by atoms with Crippen LogP contribution in [0.4, 0.5) is 10.2 Å². The minimum atomic E-state index is -0.689. The van der Waals surface area contributed by atoms with Crippen molar-refractivity contribution in [1.29, 1.82) is 0 Å². The van der Waals surface area contributed by atoms with Crippen molar-refractivity contribution in [1.82, 2.24) is 29.8 Å². The normalized spacial score (nSPS) is 12.1. The Bertz CT molecular complexity index is 1180. The minimum absolute atomic E-state index is 0.0580. The van der Waals surface area contributed by atoms with E-state index in [-0.39, 0.29) is 17.5 Å². The van der Waals surface area contributed by atoms with Crippen LogP contribution >= 0.6 is 11.6 Å². The molecule has 4 aromatic rings. The predicted octanol–water partition coefficient (Wildman–Crippen LogP) is 3.23. The highest BCUT2D eigenvalue weighted by Crippen LogP contribution is 2.28. The molecule has 1 amide bonds. The number of H-pyrrole nitrogens is 1. The van der Waals surface area contributed by atoms with Gasteiger partial charge < -0.3 is 20.2 Å². The number of hydrogen-bond donors (Lipinski definition) is 3. The van der Waals surface area contributed by atoms with Crippen LogP contribution in [0.3, 0.4) is 0 Å². The number of carbonyl (C=O) groups is 1. The van der Waals surface area contributed by atoms with Gasteiger partial charge in [-0.1, -0.05) is 11.6 Å². The molecule has 0 radical (unpaired) electrons. The highest BCUT2D eigenvalue weighted by Gasteiger charge is 2.18. The molecule has 30 heavy (non-hydrogen) atoms. The molecule has 0 saturated carbocycles. The van der Waals surface area contributed by atoms with Crippen LogP contribution in [-0.4, -0.2) is 43.0 Å². The quantitative estimate of drug-likeness (QED) is 0.420. The van der Waals surface area contributed by atoms with E-state index in [1.54, 1.807) is 19.2 Å². The lowest BCUT2D eigenvalue weighted by molar-refractivity contribution is -0.121. The lowest BCUT2D eigenvalue weighted by Gasteiger charge is -2.15. The summed E-state index contributed by atoms with van der Waals surface area (Å²) in [6.45, 7) is 2.75. The van der Waals surface area contributed by atoms with E-state index >= 15 is 0 Å². The summed E-state index contributed by atoms with van der Waals surface area (Å²) in [6.07, 6.45) is 8.11. The number of nitrogens with one attached hydrogen (secondary N) is 3. The number of anilines is 1. The van der Waals surface area contributed by atoms with E-state index in [1.807, 2.05) is 29.1 Å². The number of halogens is 2. The molecule has 0 bridgehead atoms. The van der Waals surface area contributed by atoms with Gasteiger partial charge in [0.15, 0.2) is 17.5 Å². The topological polar surface area (TPSA) is 101 Å². The van der Waals surface area contributed by atoms with Gasteiger partial charge in [-0.2, -0.15) is 0 Å². The van der Waals surface area contributed by atoms with Gasteiger partial charge in [0.25, 0.3) is 0 Å². The zero-order valence-corrected chi connectivity index (χ0v) is 16.8. The molecule has 0 fully saturated rings. The molecule has 0 aromatic carbocycles. The Morgan fingerprint density at radius 1 is 1.30 bits per heavy atom. The van der Waals surface area contributed by atoms with Crippen molar-refractivity contribution < 1.29 is 9.18 Å². The number of fused-ring (bicyclic) bond motifs is 1. The number of pyridine rings is 1. The first-order valence-corrected chi connectivity index (χ1v) is 9.69. The van der Waals surface area contributed by atoms with Crippen molar-refractivity contribution in [3.05, 3.63) is 60.0 Å². The zero-order chi connectivity index (χ0) is 21.1. The van der Waals surface area contributed by atoms with Crippen molar-refractivity contribution >= 4 is 34.4 Å². The van der Waals surface area contributed by atoms with E-state index in [4.69, 9.17) is 11.6 Å². The second-order valence-corrected chi connectivity index (χ2v) is 7.16. The smallest absolute Gasteiger partial charge is 0.242 e. The first-order chi connectivity index (χ1) is 14.5. The summed E-state index contributed by atoms with van der Waals surface area (Å²) in [6, 6.07) is 4.88. The molecule has 0 unspecified atom stereocenters. The first-order valence-electron chi connectivity index (χ1n) is 9.32. The molecule has 4 rings (SSSR count). The number of nitrogens with zero attached hydrogens (tertiary/aromatic N) is 4. The van der Waals surface area contributed by atoms with Gasteiger partial charge in [0.1, 0.15) is 11.7 Å². The summed E-state index contributed by atoms with van der Waals surface area (Å²) < 4.78 is 16.2. The Kier molecular flexibility index (Phi) is 5.62. The molecule has 0 aliphatic carbocycles. The van der Waals surface area contributed by atoms with E-state index in [0.717, 1.165) is 11.6 Å². The van der Waals surface area contributed by atoms with E-state index in [1.165, 1.54) is 6.20 Å². The molecule has 10 heteroatoms. The van der Waals surface area contributed by atoms with Crippen LogP contribution in [0.2, 0.25) is 5.02 Å². The number of rotatable bonds is 7. The summed E-state index contributed by atoms with van der Waals surface area (Å²) in [7, 11) is 0. The molecule has 0 saturated heterocycles. The molecule has 4 heterocycles. The van der Waals surface area contributed by atoms with Gasteiger partial charge in [-0.15, -0.1) is 0 Å². The second-order valence-electron chi connectivity index (χ2n) is 6.72. The molecule has 0 aliphatic rings. The Labute approximate surface area is 176 Å². The van der Waals surface area contributed by atoms with Gasteiger partial charge in [0, 0.05) is 48.8 Å². The fourth-order valence-electron chi connectivity index (χ4n) is 3.01. The van der Waals surface area contributed by atoms with Crippen LogP contribution in [0.1, 0.15) is 6.92 Å². The average molecular weight is 428 g/mol. The summed E-state index contributed by atoms with van der Waals surface area (Å²) in [5.41, 5.74) is 1.25. The second kappa shape index (κ2) is 8.50. The predicted molar refractivity (Wildman–Crippen MR) is 113 cm³/mol. The molecule has 1 atom stereocenters.